The molecule has 10 heteroatoms. The van der Waals surface area contributed by atoms with Crippen molar-refractivity contribution in [2.24, 2.45) is 5.92 Å². The molecule has 2 saturated heterocycles. The molecule has 0 bridgehead atoms. The molecule has 0 saturated carbocycles. The third kappa shape index (κ3) is 4.76. The molecule has 3 aliphatic heterocycles. The Balaban J connectivity index is 1.50. The van der Waals surface area contributed by atoms with Crippen molar-refractivity contribution in [3.8, 4) is 0 Å². The molecule has 5 rings (SSSR count). The van der Waals surface area contributed by atoms with Crippen molar-refractivity contribution in [1.29, 1.82) is 0 Å². The minimum absolute atomic E-state index is 0.0167. The van der Waals surface area contributed by atoms with Crippen LogP contribution in [0.3, 0.4) is 0 Å². The molecule has 4 atom stereocenters. The SMILES string of the molecule is C[C@@H]1[C@@H]([Si](C)(C)O)[C@H](CC(=O)N(CCO)Cc2ccccc2)O[C@@]12C(=O)N(C)c1ccc(N3CCCC3=O)cc12. The maximum atomic E-state index is 14.0. The lowest BCUT2D eigenvalue weighted by molar-refractivity contribution is -0.149. The monoisotopic (exact) mass is 565 g/mol. The summed E-state index contributed by atoms with van der Waals surface area (Å²) in [6, 6.07) is 15.2. The van der Waals surface area contributed by atoms with E-state index >= 15 is 0 Å². The second-order valence-electron chi connectivity index (χ2n) is 11.8. The van der Waals surface area contributed by atoms with E-state index in [0.29, 0.717) is 30.8 Å². The highest BCUT2D eigenvalue weighted by Crippen LogP contribution is 2.59. The van der Waals surface area contributed by atoms with Gasteiger partial charge in [0.15, 0.2) is 13.9 Å². The van der Waals surface area contributed by atoms with E-state index in [2.05, 4.69) is 0 Å². The fourth-order valence-corrected chi connectivity index (χ4v) is 9.53. The number of ether oxygens (including phenoxy) is 1. The summed E-state index contributed by atoms with van der Waals surface area (Å²) in [7, 11) is -1.23. The first-order chi connectivity index (χ1) is 19.0. The van der Waals surface area contributed by atoms with Gasteiger partial charge in [-0.1, -0.05) is 37.3 Å². The van der Waals surface area contributed by atoms with Crippen molar-refractivity contribution in [2.45, 2.75) is 63.1 Å². The van der Waals surface area contributed by atoms with Crippen LogP contribution in [0.2, 0.25) is 18.6 Å². The highest BCUT2D eigenvalue weighted by atomic mass is 28.4. The number of aliphatic hydroxyl groups excluding tert-OH is 1. The fourth-order valence-electron chi connectivity index (χ4n) is 6.98. The van der Waals surface area contributed by atoms with Crippen LogP contribution in [0.5, 0.6) is 0 Å². The highest BCUT2D eigenvalue weighted by molar-refractivity contribution is 6.71. The molecule has 2 N–H and O–H groups in total. The first-order valence-corrected chi connectivity index (χ1v) is 17.1. The Morgan fingerprint density at radius 2 is 1.90 bits per heavy atom. The van der Waals surface area contributed by atoms with Gasteiger partial charge in [0.05, 0.1) is 24.8 Å². The van der Waals surface area contributed by atoms with E-state index in [1.54, 1.807) is 21.7 Å². The number of nitrogens with zero attached hydrogens (tertiary/aromatic N) is 3. The number of carbonyl (C=O) groups is 3. The van der Waals surface area contributed by atoms with Crippen LogP contribution in [0, 0.1) is 5.92 Å². The maximum absolute atomic E-state index is 14.0. The standard InChI is InChI=1S/C30H39N3O6Si/c1-20-28(40(3,4)38)25(18-27(36)32(15-16-34)19-21-9-6-5-7-10-21)39-30(20)23-17-22(33-14-8-11-26(33)35)12-13-24(23)31(2)29(30)37/h5-7,9-10,12-13,17,20,25,28,34,38H,8,11,14-16,18-19H2,1-4H3/t20-,25+,28-,30+/m1/s1. The number of benzene rings is 2. The van der Waals surface area contributed by atoms with Crippen LogP contribution >= 0.6 is 0 Å². The second-order valence-corrected chi connectivity index (χ2v) is 15.8. The lowest BCUT2D eigenvalue weighted by Crippen LogP contribution is -2.45. The molecule has 0 unspecified atom stereocenters. The van der Waals surface area contributed by atoms with E-state index in [1.807, 2.05) is 68.5 Å². The van der Waals surface area contributed by atoms with Gasteiger partial charge in [0.25, 0.3) is 5.91 Å². The zero-order chi connectivity index (χ0) is 28.8. The number of amides is 3. The average Bonchev–Trinajstić information content (AvgIpc) is 3.53. The largest absolute Gasteiger partial charge is 0.432 e. The van der Waals surface area contributed by atoms with Gasteiger partial charge >= 0.3 is 0 Å². The Morgan fingerprint density at radius 1 is 1.18 bits per heavy atom. The van der Waals surface area contributed by atoms with Crippen molar-refractivity contribution in [3.63, 3.8) is 0 Å². The summed E-state index contributed by atoms with van der Waals surface area (Å²) in [5.74, 6) is -0.779. The van der Waals surface area contributed by atoms with E-state index in [-0.39, 0.29) is 37.3 Å². The predicted octanol–water partition coefficient (Wildman–Crippen LogP) is 3.00. The summed E-state index contributed by atoms with van der Waals surface area (Å²) in [6.07, 6.45) is 0.581. The molecule has 2 aromatic rings. The third-order valence-corrected chi connectivity index (χ3v) is 11.3. The topological polar surface area (TPSA) is 111 Å². The van der Waals surface area contributed by atoms with Gasteiger partial charge in [-0.3, -0.25) is 14.4 Å². The number of aliphatic hydroxyl groups is 1. The summed E-state index contributed by atoms with van der Waals surface area (Å²) in [4.78, 5) is 56.6. The predicted molar refractivity (Wildman–Crippen MR) is 154 cm³/mol. The number of fused-ring (bicyclic) bond motifs is 2. The van der Waals surface area contributed by atoms with Crippen LogP contribution < -0.4 is 9.80 Å². The molecule has 9 nitrogen and oxygen atoms in total. The Morgan fingerprint density at radius 3 is 2.52 bits per heavy atom. The van der Waals surface area contributed by atoms with Gasteiger partial charge in [-0.25, -0.2) is 0 Å². The lowest BCUT2D eigenvalue weighted by atomic mass is 9.82. The Labute approximate surface area is 236 Å². The second kappa shape index (κ2) is 10.7. The smallest absolute Gasteiger partial charge is 0.264 e. The Kier molecular flexibility index (Phi) is 7.64. The van der Waals surface area contributed by atoms with E-state index < -0.39 is 31.5 Å². The number of rotatable bonds is 8. The van der Waals surface area contributed by atoms with Crippen molar-refractivity contribution in [1.82, 2.24) is 4.90 Å². The van der Waals surface area contributed by atoms with Gasteiger partial charge in [-0.2, -0.15) is 0 Å². The third-order valence-electron chi connectivity index (χ3n) is 8.80. The van der Waals surface area contributed by atoms with Crippen LogP contribution in [-0.4, -0.2) is 73.7 Å². The molecular weight excluding hydrogens is 526 g/mol. The first-order valence-electron chi connectivity index (χ1n) is 14.0. The van der Waals surface area contributed by atoms with Gasteiger partial charge in [0.2, 0.25) is 11.8 Å². The minimum atomic E-state index is -2.94. The quantitative estimate of drug-likeness (QED) is 0.476. The molecule has 3 amide bonds. The summed E-state index contributed by atoms with van der Waals surface area (Å²) in [6.45, 7) is 6.55. The van der Waals surface area contributed by atoms with Crippen LogP contribution in [-0.2, 0) is 31.3 Å². The zero-order valence-electron chi connectivity index (χ0n) is 23.7. The molecule has 2 fully saturated rings. The molecule has 1 spiro atoms. The van der Waals surface area contributed by atoms with Crippen molar-refractivity contribution in [3.05, 3.63) is 59.7 Å². The molecule has 0 aromatic heterocycles. The van der Waals surface area contributed by atoms with E-state index in [9.17, 15) is 24.3 Å². The van der Waals surface area contributed by atoms with Gasteiger partial charge in [-0.15, -0.1) is 0 Å². The van der Waals surface area contributed by atoms with Crippen LogP contribution in [0.25, 0.3) is 0 Å². The van der Waals surface area contributed by atoms with Crippen LogP contribution in [0.1, 0.15) is 37.3 Å². The van der Waals surface area contributed by atoms with Crippen molar-refractivity contribution >= 4 is 37.4 Å². The normalized spacial score (nSPS) is 26.2. The number of hydrogen-bond acceptors (Lipinski definition) is 6. The molecule has 2 aromatic carbocycles. The van der Waals surface area contributed by atoms with Gasteiger partial charge in [0, 0.05) is 55.8 Å². The molecule has 0 aliphatic carbocycles. The minimum Gasteiger partial charge on any atom is -0.432 e. The summed E-state index contributed by atoms with van der Waals surface area (Å²) >= 11 is 0. The Bertz CT molecular complexity index is 1300. The molecule has 214 valence electrons. The number of anilines is 2. The number of likely N-dealkylation sites (N-methyl/N-ethyl adjacent to an activating group) is 1. The van der Waals surface area contributed by atoms with Gasteiger partial charge < -0.3 is 29.3 Å². The fraction of sp³-hybridized carbons (Fsp3) is 0.500. The van der Waals surface area contributed by atoms with Crippen molar-refractivity contribution < 1.29 is 29.0 Å². The van der Waals surface area contributed by atoms with E-state index in [0.717, 1.165) is 17.7 Å². The first kappa shape index (κ1) is 28.5. The van der Waals surface area contributed by atoms with Crippen molar-refractivity contribution in [2.75, 3.05) is 36.5 Å². The van der Waals surface area contributed by atoms with E-state index in [1.165, 1.54) is 0 Å². The lowest BCUT2D eigenvalue weighted by Gasteiger charge is -2.32. The molecule has 3 aliphatic rings. The van der Waals surface area contributed by atoms with E-state index in [4.69, 9.17) is 4.74 Å². The summed E-state index contributed by atoms with van der Waals surface area (Å²) in [5, 5.41) is 9.69. The number of hydrogen-bond donors (Lipinski definition) is 2. The van der Waals surface area contributed by atoms with Crippen LogP contribution in [0.15, 0.2) is 48.5 Å². The highest BCUT2D eigenvalue weighted by Gasteiger charge is 2.66. The Hall–Kier alpha value is -3.05. The van der Waals surface area contributed by atoms with Gasteiger partial charge in [0.1, 0.15) is 0 Å². The number of carbonyl (C=O) groups excluding carboxylic acids is 3. The zero-order valence-corrected chi connectivity index (χ0v) is 24.7. The summed E-state index contributed by atoms with van der Waals surface area (Å²) < 4.78 is 6.73. The maximum Gasteiger partial charge on any atom is 0.264 e. The molecule has 3 heterocycles. The average molecular weight is 566 g/mol. The summed E-state index contributed by atoms with van der Waals surface area (Å²) in [5.41, 5.74) is 1.30. The molecule has 0 radical (unpaired) electrons. The molecular formula is C30H39N3O6Si. The molecule has 40 heavy (non-hydrogen) atoms. The van der Waals surface area contributed by atoms with Gasteiger partial charge in [-0.05, 0) is 43.3 Å². The van der Waals surface area contributed by atoms with Crippen LogP contribution in [0.4, 0.5) is 11.4 Å².